The molecule has 102 valence electrons. The van der Waals surface area contributed by atoms with Crippen LogP contribution in [0.25, 0.3) is 0 Å². The van der Waals surface area contributed by atoms with Crippen molar-refractivity contribution in [2.45, 2.75) is 38.8 Å². The van der Waals surface area contributed by atoms with Crippen LogP contribution in [0.1, 0.15) is 38.8 Å². The molecule has 2 atom stereocenters. The van der Waals surface area contributed by atoms with Crippen LogP contribution in [-0.2, 0) is 4.74 Å². The molecule has 0 spiro atoms. The summed E-state index contributed by atoms with van der Waals surface area (Å²) in [6, 6.07) is 5.79. The van der Waals surface area contributed by atoms with E-state index in [1.807, 2.05) is 32.2 Å². The van der Waals surface area contributed by atoms with Gasteiger partial charge in [0.1, 0.15) is 0 Å². The van der Waals surface area contributed by atoms with Gasteiger partial charge in [-0.3, -0.25) is 0 Å². The lowest BCUT2D eigenvalue weighted by atomic mass is 9.87. The number of nitrogens with one attached hydrogen (secondary N) is 1. The molecule has 1 aromatic carbocycles. The van der Waals surface area contributed by atoms with Crippen LogP contribution >= 0.6 is 23.2 Å². The van der Waals surface area contributed by atoms with Gasteiger partial charge in [-0.25, -0.2) is 0 Å². The number of ether oxygens (including phenoxy) is 1. The lowest BCUT2D eigenvalue weighted by Gasteiger charge is -2.37. The monoisotopic (exact) mass is 289 g/mol. The molecule has 0 bridgehead atoms. The summed E-state index contributed by atoms with van der Waals surface area (Å²) in [6.07, 6.45) is 0.909. The smallest absolute Gasteiger partial charge is 0.0845 e. The minimum Gasteiger partial charge on any atom is -0.374 e. The molecule has 0 radical (unpaired) electrons. The van der Waals surface area contributed by atoms with Crippen molar-refractivity contribution in [1.29, 1.82) is 0 Å². The molecular weight excluding hydrogens is 269 g/mol. The van der Waals surface area contributed by atoms with E-state index in [0.29, 0.717) is 16.7 Å². The number of halogens is 2. The van der Waals surface area contributed by atoms with Crippen LogP contribution < -0.4 is 5.32 Å². The van der Waals surface area contributed by atoms with Crippen molar-refractivity contribution >= 4 is 23.2 Å². The zero-order valence-corrected chi connectivity index (χ0v) is 12.9. The largest absolute Gasteiger partial charge is 0.374 e. The fourth-order valence-electron chi connectivity index (χ4n) is 2.24. The molecule has 1 N–H and O–H groups in total. The average molecular weight is 290 g/mol. The summed E-state index contributed by atoms with van der Waals surface area (Å²) in [7, 11) is 1.93. The molecule has 2 nitrogen and oxygen atoms in total. The van der Waals surface area contributed by atoms with E-state index in [-0.39, 0.29) is 11.6 Å². The summed E-state index contributed by atoms with van der Waals surface area (Å²) in [4.78, 5) is 0. The van der Waals surface area contributed by atoms with Gasteiger partial charge in [0, 0.05) is 6.61 Å². The molecule has 0 aliphatic heterocycles. The van der Waals surface area contributed by atoms with E-state index in [9.17, 15) is 0 Å². The van der Waals surface area contributed by atoms with Gasteiger partial charge in [-0.05, 0) is 45.0 Å². The van der Waals surface area contributed by atoms with Crippen LogP contribution in [0.15, 0.2) is 18.2 Å². The van der Waals surface area contributed by atoms with Gasteiger partial charge >= 0.3 is 0 Å². The maximum atomic E-state index is 6.08. The molecular formula is C14H21Cl2NO. The minimum absolute atomic E-state index is 0.0808. The first-order chi connectivity index (χ1) is 8.48. The predicted octanol–water partition coefficient (Wildman–Crippen LogP) is 4.46. The summed E-state index contributed by atoms with van der Waals surface area (Å²) >= 11 is 12.0. The average Bonchev–Trinajstić information content (AvgIpc) is 2.35. The quantitative estimate of drug-likeness (QED) is 0.835. The topological polar surface area (TPSA) is 21.3 Å². The van der Waals surface area contributed by atoms with E-state index in [0.717, 1.165) is 12.0 Å². The molecule has 18 heavy (non-hydrogen) atoms. The van der Waals surface area contributed by atoms with Gasteiger partial charge in [0.2, 0.25) is 0 Å². The maximum Gasteiger partial charge on any atom is 0.0845 e. The first kappa shape index (κ1) is 15.8. The fourth-order valence-corrected chi connectivity index (χ4v) is 2.54. The SMILES string of the molecule is CCOC(C)(CC)C(NC)c1ccc(Cl)c(Cl)c1. The van der Waals surface area contributed by atoms with Crippen molar-refractivity contribution in [2.75, 3.05) is 13.7 Å². The van der Waals surface area contributed by atoms with Crippen molar-refractivity contribution in [1.82, 2.24) is 5.32 Å². The van der Waals surface area contributed by atoms with Gasteiger partial charge in [0.25, 0.3) is 0 Å². The Morgan fingerprint density at radius 1 is 1.28 bits per heavy atom. The van der Waals surface area contributed by atoms with Crippen LogP contribution in [-0.4, -0.2) is 19.3 Å². The summed E-state index contributed by atoms with van der Waals surface area (Å²) in [5.74, 6) is 0. The summed E-state index contributed by atoms with van der Waals surface area (Å²) in [5.41, 5.74) is 0.824. The molecule has 0 saturated carbocycles. The van der Waals surface area contributed by atoms with Gasteiger partial charge in [-0.1, -0.05) is 36.2 Å². The fraction of sp³-hybridized carbons (Fsp3) is 0.571. The highest BCUT2D eigenvalue weighted by atomic mass is 35.5. The Morgan fingerprint density at radius 3 is 2.39 bits per heavy atom. The normalized spacial score (nSPS) is 16.3. The molecule has 0 aromatic heterocycles. The maximum absolute atomic E-state index is 6.08. The van der Waals surface area contributed by atoms with Crippen LogP contribution in [0.4, 0.5) is 0 Å². The van der Waals surface area contributed by atoms with Gasteiger partial charge in [-0.15, -0.1) is 0 Å². The third-order valence-electron chi connectivity index (χ3n) is 3.35. The molecule has 0 saturated heterocycles. The van der Waals surface area contributed by atoms with E-state index in [1.165, 1.54) is 0 Å². The van der Waals surface area contributed by atoms with E-state index < -0.39 is 0 Å². The second-order valence-electron chi connectivity index (χ2n) is 4.49. The highest BCUT2D eigenvalue weighted by Gasteiger charge is 2.33. The highest BCUT2D eigenvalue weighted by molar-refractivity contribution is 6.42. The first-order valence-electron chi connectivity index (χ1n) is 6.24. The van der Waals surface area contributed by atoms with Crippen molar-refractivity contribution in [2.24, 2.45) is 0 Å². The second kappa shape index (κ2) is 6.76. The molecule has 0 heterocycles. The van der Waals surface area contributed by atoms with Gasteiger partial charge in [0.05, 0.1) is 21.7 Å². The number of rotatable bonds is 6. The van der Waals surface area contributed by atoms with Crippen LogP contribution in [0.5, 0.6) is 0 Å². The molecule has 0 amide bonds. The molecule has 4 heteroatoms. The van der Waals surface area contributed by atoms with Crippen LogP contribution in [0.3, 0.4) is 0 Å². The predicted molar refractivity (Wildman–Crippen MR) is 78.6 cm³/mol. The van der Waals surface area contributed by atoms with Gasteiger partial charge in [0.15, 0.2) is 0 Å². The van der Waals surface area contributed by atoms with Crippen molar-refractivity contribution in [3.8, 4) is 0 Å². The van der Waals surface area contributed by atoms with Crippen molar-refractivity contribution in [3.63, 3.8) is 0 Å². The van der Waals surface area contributed by atoms with Crippen molar-refractivity contribution in [3.05, 3.63) is 33.8 Å². The Kier molecular flexibility index (Phi) is 5.93. The first-order valence-corrected chi connectivity index (χ1v) is 7.00. The Labute approximate surface area is 120 Å². The Balaban J connectivity index is 3.11. The van der Waals surface area contributed by atoms with E-state index in [4.69, 9.17) is 27.9 Å². The number of hydrogen-bond donors (Lipinski definition) is 1. The molecule has 0 aliphatic carbocycles. The highest BCUT2D eigenvalue weighted by Crippen LogP contribution is 2.34. The zero-order valence-electron chi connectivity index (χ0n) is 11.4. The molecule has 0 fully saturated rings. The Bertz CT molecular complexity index is 397. The third kappa shape index (κ3) is 3.39. The summed E-state index contributed by atoms with van der Waals surface area (Å²) in [5, 5.41) is 4.46. The number of likely N-dealkylation sites (N-methyl/N-ethyl adjacent to an activating group) is 1. The minimum atomic E-state index is -0.263. The summed E-state index contributed by atoms with van der Waals surface area (Å²) in [6.45, 7) is 6.93. The molecule has 0 aliphatic rings. The molecule has 2 unspecified atom stereocenters. The summed E-state index contributed by atoms with van der Waals surface area (Å²) < 4.78 is 5.92. The Morgan fingerprint density at radius 2 is 1.94 bits per heavy atom. The zero-order chi connectivity index (χ0) is 13.8. The molecule has 1 rings (SSSR count). The number of benzene rings is 1. The lowest BCUT2D eigenvalue weighted by Crippen LogP contribution is -2.42. The van der Waals surface area contributed by atoms with Crippen LogP contribution in [0.2, 0.25) is 10.0 Å². The van der Waals surface area contributed by atoms with Gasteiger partial charge in [-0.2, -0.15) is 0 Å². The van der Waals surface area contributed by atoms with Gasteiger partial charge < -0.3 is 10.1 Å². The Hall–Kier alpha value is -0.280. The number of hydrogen-bond acceptors (Lipinski definition) is 2. The standard InChI is InChI=1S/C14H21Cl2NO/c1-5-14(3,18-6-2)13(17-4)10-7-8-11(15)12(16)9-10/h7-9,13,17H,5-6H2,1-4H3. The van der Waals surface area contributed by atoms with E-state index >= 15 is 0 Å². The van der Waals surface area contributed by atoms with E-state index in [1.54, 1.807) is 0 Å². The second-order valence-corrected chi connectivity index (χ2v) is 5.31. The molecule has 1 aromatic rings. The van der Waals surface area contributed by atoms with E-state index in [2.05, 4.69) is 19.2 Å². The van der Waals surface area contributed by atoms with Crippen LogP contribution in [0, 0.1) is 0 Å². The van der Waals surface area contributed by atoms with Crippen molar-refractivity contribution < 1.29 is 4.74 Å². The third-order valence-corrected chi connectivity index (χ3v) is 4.09. The lowest BCUT2D eigenvalue weighted by molar-refractivity contribution is -0.0546.